The molecule has 14 heavy (non-hydrogen) atoms. The minimum Gasteiger partial charge on any atom is -0.478 e. The highest BCUT2D eigenvalue weighted by Gasteiger charge is 2.19. The van der Waals surface area contributed by atoms with E-state index in [1.54, 1.807) is 17.1 Å². The quantitative estimate of drug-likeness (QED) is 0.652. The van der Waals surface area contributed by atoms with E-state index < -0.39 is 5.97 Å². The minimum atomic E-state index is -0.878. The molecule has 0 unspecified atom stereocenters. The third kappa shape index (κ3) is 1.33. The van der Waals surface area contributed by atoms with Gasteiger partial charge in [0.1, 0.15) is 0 Å². The van der Waals surface area contributed by atoms with Crippen molar-refractivity contribution in [3.63, 3.8) is 0 Å². The van der Waals surface area contributed by atoms with E-state index in [2.05, 4.69) is 0 Å². The van der Waals surface area contributed by atoms with Crippen LogP contribution in [0.4, 0.5) is 5.69 Å². The standard InChI is InChI=1S/C10H12N2O2/c11-12-6-2-4-7-8(10(13)14)3-1-5-9(7)12/h1,3,5H,2,4,6,11H2,(H,13,14). The molecule has 0 aliphatic carbocycles. The Hall–Kier alpha value is -1.55. The molecule has 0 saturated carbocycles. The number of hydrogen-bond donors (Lipinski definition) is 2. The van der Waals surface area contributed by atoms with Crippen molar-refractivity contribution in [3.8, 4) is 0 Å². The molecule has 0 spiro atoms. The van der Waals surface area contributed by atoms with Gasteiger partial charge in [0.15, 0.2) is 0 Å². The summed E-state index contributed by atoms with van der Waals surface area (Å²) in [5, 5.41) is 10.6. The second-order valence-corrected chi connectivity index (χ2v) is 3.41. The molecule has 1 aliphatic rings. The van der Waals surface area contributed by atoms with Crippen LogP contribution in [-0.4, -0.2) is 17.6 Å². The van der Waals surface area contributed by atoms with Gasteiger partial charge in [0.05, 0.1) is 11.3 Å². The highest BCUT2D eigenvalue weighted by atomic mass is 16.4. The molecule has 0 saturated heterocycles. The monoisotopic (exact) mass is 192 g/mol. The number of carboxylic acids is 1. The molecular weight excluding hydrogens is 180 g/mol. The van der Waals surface area contributed by atoms with Gasteiger partial charge in [-0.2, -0.15) is 0 Å². The molecule has 0 fully saturated rings. The van der Waals surface area contributed by atoms with E-state index in [-0.39, 0.29) is 0 Å². The van der Waals surface area contributed by atoms with Crippen LogP contribution in [0.15, 0.2) is 18.2 Å². The molecule has 2 rings (SSSR count). The zero-order valence-corrected chi connectivity index (χ0v) is 7.73. The van der Waals surface area contributed by atoms with Crippen LogP contribution in [0.1, 0.15) is 22.3 Å². The van der Waals surface area contributed by atoms with Crippen molar-refractivity contribution in [2.75, 3.05) is 11.6 Å². The Morgan fingerprint density at radius 2 is 2.29 bits per heavy atom. The zero-order valence-electron chi connectivity index (χ0n) is 7.73. The summed E-state index contributed by atoms with van der Waals surface area (Å²) in [5.74, 6) is 4.88. The second kappa shape index (κ2) is 3.31. The lowest BCUT2D eigenvalue weighted by atomic mass is 9.97. The Morgan fingerprint density at radius 3 is 3.00 bits per heavy atom. The molecule has 4 nitrogen and oxygen atoms in total. The predicted molar refractivity (Wildman–Crippen MR) is 53.3 cm³/mol. The molecule has 0 bridgehead atoms. The van der Waals surface area contributed by atoms with Gasteiger partial charge in [-0.25, -0.2) is 10.6 Å². The van der Waals surface area contributed by atoms with Gasteiger partial charge in [0.2, 0.25) is 0 Å². The molecule has 1 aliphatic heterocycles. The van der Waals surface area contributed by atoms with Crippen molar-refractivity contribution < 1.29 is 9.90 Å². The Morgan fingerprint density at radius 1 is 1.50 bits per heavy atom. The normalized spacial score (nSPS) is 15.1. The number of carbonyl (C=O) groups is 1. The largest absolute Gasteiger partial charge is 0.478 e. The Kier molecular flexibility index (Phi) is 2.13. The SMILES string of the molecule is NN1CCCc2c(C(=O)O)cccc21. The van der Waals surface area contributed by atoms with Crippen molar-refractivity contribution in [3.05, 3.63) is 29.3 Å². The number of hydrogen-bond acceptors (Lipinski definition) is 3. The van der Waals surface area contributed by atoms with Gasteiger partial charge in [-0.3, -0.25) is 0 Å². The zero-order chi connectivity index (χ0) is 10.1. The second-order valence-electron chi connectivity index (χ2n) is 3.41. The predicted octanol–water partition coefficient (Wildman–Crippen LogP) is 1.01. The number of fused-ring (bicyclic) bond motifs is 1. The summed E-state index contributed by atoms with van der Waals surface area (Å²) in [5.41, 5.74) is 2.07. The molecule has 0 radical (unpaired) electrons. The lowest BCUT2D eigenvalue weighted by Gasteiger charge is -2.27. The van der Waals surface area contributed by atoms with E-state index in [9.17, 15) is 4.79 Å². The van der Waals surface area contributed by atoms with E-state index in [4.69, 9.17) is 10.9 Å². The number of nitrogens with zero attached hydrogens (tertiary/aromatic N) is 1. The van der Waals surface area contributed by atoms with E-state index in [0.717, 1.165) is 30.6 Å². The van der Waals surface area contributed by atoms with Crippen LogP contribution in [0.25, 0.3) is 0 Å². The number of nitrogens with two attached hydrogens (primary N) is 1. The van der Waals surface area contributed by atoms with Crippen LogP contribution in [-0.2, 0) is 6.42 Å². The van der Waals surface area contributed by atoms with E-state index in [1.165, 1.54) is 0 Å². The smallest absolute Gasteiger partial charge is 0.336 e. The Labute approximate surface area is 81.9 Å². The summed E-state index contributed by atoms with van der Waals surface area (Å²) >= 11 is 0. The Balaban J connectivity index is 2.55. The van der Waals surface area contributed by atoms with Gasteiger partial charge >= 0.3 is 5.97 Å². The molecule has 1 aromatic rings. The van der Waals surface area contributed by atoms with Gasteiger partial charge < -0.3 is 10.1 Å². The molecule has 3 N–H and O–H groups in total. The fraction of sp³-hybridized carbons (Fsp3) is 0.300. The maximum absolute atomic E-state index is 10.9. The first-order chi connectivity index (χ1) is 6.70. The molecule has 4 heteroatoms. The summed E-state index contributed by atoms with van der Waals surface area (Å²) in [6.45, 7) is 0.788. The van der Waals surface area contributed by atoms with Crippen LogP contribution < -0.4 is 10.9 Å². The summed E-state index contributed by atoms with van der Waals surface area (Å²) in [6.07, 6.45) is 1.71. The molecule has 1 aromatic carbocycles. The number of carboxylic acid groups (broad SMARTS) is 1. The van der Waals surface area contributed by atoms with Gasteiger partial charge in [-0.05, 0) is 30.5 Å². The first-order valence-corrected chi connectivity index (χ1v) is 4.57. The lowest BCUT2D eigenvalue weighted by molar-refractivity contribution is 0.0695. The van der Waals surface area contributed by atoms with E-state index >= 15 is 0 Å². The lowest BCUT2D eigenvalue weighted by Crippen LogP contribution is -2.36. The number of benzene rings is 1. The van der Waals surface area contributed by atoms with Crippen molar-refractivity contribution in [1.29, 1.82) is 0 Å². The molecule has 74 valence electrons. The third-order valence-electron chi connectivity index (χ3n) is 2.52. The summed E-state index contributed by atoms with van der Waals surface area (Å²) < 4.78 is 0. The number of aromatic carboxylic acids is 1. The van der Waals surface area contributed by atoms with Crippen molar-refractivity contribution >= 4 is 11.7 Å². The summed E-state index contributed by atoms with van der Waals surface area (Å²) in [7, 11) is 0. The average molecular weight is 192 g/mol. The van der Waals surface area contributed by atoms with E-state index in [0.29, 0.717) is 5.56 Å². The number of rotatable bonds is 1. The van der Waals surface area contributed by atoms with Crippen LogP contribution in [0.5, 0.6) is 0 Å². The van der Waals surface area contributed by atoms with Crippen molar-refractivity contribution in [2.24, 2.45) is 5.84 Å². The molecular formula is C10H12N2O2. The fourth-order valence-electron chi connectivity index (χ4n) is 1.85. The van der Waals surface area contributed by atoms with Crippen LogP contribution >= 0.6 is 0 Å². The van der Waals surface area contributed by atoms with Crippen molar-refractivity contribution in [2.45, 2.75) is 12.8 Å². The maximum atomic E-state index is 10.9. The van der Waals surface area contributed by atoms with Gasteiger partial charge in [0, 0.05) is 6.54 Å². The van der Waals surface area contributed by atoms with Crippen LogP contribution in [0, 0.1) is 0 Å². The van der Waals surface area contributed by atoms with Crippen LogP contribution in [0.2, 0.25) is 0 Å². The van der Waals surface area contributed by atoms with Crippen LogP contribution in [0.3, 0.4) is 0 Å². The van der Waals surface area contributed by atoms with Gasteiger partial charge in [-0.1, -0.05) is 6.07 Å². The highest BCUT2D eigenvalue weighted by molar-refractivity contribution is 5.91. The first-order valence-electron chi connectivity index (χ1n) is 4.57. The Bertz CT molecular complexity index is 376. The first kappa shape index (κ1) is 9.02. The fourth-order valence-corrected chi connectivity index (χ4v) is 1.85. The minimum absolute atomic E-state index is 0.373. The maximum Gasteiger partial charge on any atom is 0.336 e. The average Bonchev–Trinajstić information content (AvgIpc) is 2.17. The van der Waals surface area contributed by atoms with Gasteiger partial charge in [-0.15, -0.1) is 0 Å². The van der Waals surface area contributed by atoms with E-state index in [1.807, 2.05) is 6.07 Å². The number of hydrazine groups is 1. The summed E-state index contributed by atoms with van der Waals surface area (Å²) in [6, 6.07) is 5.22. The van der Waals surface area contributed by atoms with Crippen molar-refractivity contribution in [1.82, 2.24) is 0 Å². The third-order valence-corrected chi connectivity index (χ3v) is 2.52. The molecule has 0 amide bonds. The number of anilines is 1. The topological polar surface area (TPSA) is 66.6 Å². The molecule has 1 heterocycles. The molecule has 0 aromatic heterocycles. The summed E-state index contributed by atoms with van der Waals surface area (Å²) in [4.78, 5) is 10.9. The van der Waals surface area contributed by atoms with Gasteiger partial charge in [0.25, 0.3) is 0 Å². The highest BCUT2D eigenvalue weighted by Crippen LogP contribution is 2.27. The molecule has 0 atom stereocenters.